The molecule has 0 saturated heterocycles. The molecule has 26 heavy (non-hydrogen) atoms. The Kier molecular flexibility index (Phi) is 6.10. The van der Waals surface area contributed by atoms with Gasteiger partial charge >= 0.3 is 5.97 Å². The molecule has 2 N–H and O–H groups in total. The fourth-order valence-corrected chi connectivity index (χ4v) is 2.80. The standard InChI is InChI=1S/C19H20ClNO5/c1-4-19(18(23)24,12-5-7-13(20)8-6-12)21-17(22)15-10-9-14(25-2)11-16(15)26-3/h5-11H,4H2,1-3H3,(H,21,22)(H,23,24). The van der Waals surface area contributed by atoms with Crippen molar-refractivity contribution in [2.75, 3.05) is 14.2 Å². The fourth-order valence-electron chi connectivity index (χ4n) is 2.67. The average Bonchev–Trinajstić information content (AvgIpc) is 2.65. The maximum atomic E-state index is 12.8. The van der Waals surface area contributed by atoms with Crippen LogP contribution in [0.25, 0.3) is 0 Å². The highest BCUT2D eigenvalue weighted by atomic mass is 35.5. The Morgan fingerprint density at radius 2 is 1.77 bits per heavy atom. The molecule has 0 heterocycles. The molecule has 0 aliphatic carbocycles. The van der Waals surface area contributed by atoms with E-state index in [4.69, 9.17) is 21.1 Å². The normalized spacial score (nSPS) is 12.8. The van der Waals surface area contributed by atoms with Gasteiger partial charge < -0.3 is 19.9 Å². The van der Waals surface area contributed by atoms with Crippen LogP contribution >= 0.6 is 11.6 Å². The lowest BCUT2D eigenvalue weighted by molar-refractivity contribution is -0.145. The van der Waals surface area contributed by atoms with Crippen molar-refractivity contribution in [1.82, 2.24) is 5.32 Å². The number of carbonyl (C=O) groups is 2. The van der Waals surface area contributed by atoms with Crippen LogP contribution in [0.1, 0.15) is 29.3 Å². The van der Waals surface area contributed by atoms with E-state index < -0.39 is 17.4 Å². The van der Waals surface area contributed by atoms with Gasteiger partial charge in [-0.2, -0.15) is 0 Å². The number of carbonyl (C=O) groups excluding carboxylic acids is 1. The highest BCUT2D eigenvalue weighted by Gasteiger charge is 2.40. The van der Waals surface area contributed by atoms with Crippen molar-refractivity contribution in [3.63, 3.8) is 0 Å². The van der Waals surface area contributed by atoms with Crippen LogP contribution in [0.15, 0.2) is 42.5 Å². The summed E-state index contributed by atoms with van der Waals surface area (Å²) in [5.74, 6) is -0.920. The molecule has 0 spiro atoms. The molecule has 0 radical (unpaired) electrons. The first-order chi connectivity index (χ1) is 12.4. The number of rotatable bonds is 7. The molecule has 0 saturated carbocycles. The van der Waals surface area contributed by atoms with Gasteiger partial charge in [-0.1, -0.05) is 30.7 Å². The quantitative estimate of drug-likeness (QED) is 0.771. The van der Waals surface area contributed by atoms with Gasteiger partial charge in [0, 0.05) is 11.1 Å². The smallest absolute Gasteiger partial charge is 0.334 e. The van der Waals surface area contributed by atoms with Crippen LogP contribution in [0, 0.1) is 0 Å². The van der Waals surface area contributed by atoms with Gasteiger partial charge in [0.05, 0.1) is 19.8 Å². The zero-order chi connectivity index (χ0) is 19.3. The van der Waals surface area contributed by atoms with Gasteiger partial charge in [-0.05, 0) is 36.2 Å². The molecule has 2 aromatic carbocycles. The Morgan fingerprint density at radius 1 is 1.12 bits per heavy atom. The molecule has 138 valence electrons. The van der Waals surface area contributed by atoms with Crippen molar-refractivity contribution < 1.29 is 24.2 Å². The highest BCUT2D eigenvalue weighted by molar-refractivity contribution is 6.30. The number of methoxy groups -OCH3 is 2. The fraction of sp³-hybridized carbons (Fsp3) is 0.263. The lowest BCUT2D eigenvalue weighted by atomic mass is 9.86. The summed E-state index contributed by atoms with van der Waals surface area (Å²) >= 11 is 5.89. The zero-order valence-electron chi connectivity index (χ0n) is 14.7. The van der Waals surface area contributed by atoms with E-state index in [0.29, 0.717) is 16.3 Å². The van der Waals surface area contributed by atoms with Gasteiger partial charge in [-0.3, -0.25) is 4.79 Å². The molecule has 0 aromatic heterocycles. The summed E-state index contributed by atoms with van der Waals surface area (Å²) in [7, 11) is 2.93. The van der Waals surface area contributed by atoms with Crippen molar-refractivity contribution in [2.24, 2.45) is 0 Å². The molecule has 0 aliphatic rings. The number of nitrogens with one attached hydrogen (secondary N) is 1. The molecule has 1 amide bonds. The first-order valence-corrected chi connectivity index (χ1v) is 8.29. The summed E-state index contributed by atoms with van der Waals surface area (Å²) in [5.41, 5.74) is -0.953. The summed E-state index contributed by atoms with van der Waals surface area (Å²) in [4.78, 5) is 24.9. The van der Waals surface area contributed by atoms with Gasteiger partial charge in [0.1, 0.15) is 11.5 Å². The SMILES string of the molecule is CCC(NC(=O)c1ccc(OC)cc1OC)(C(=O)O)c1ccc(Cl)cc1. The van der Waals surface area contributed by atoms with Gasteiger partial charge in [0.2, 0.25) is 0 Å². The van der Waals surface area contributed by atoms with Crippen molar-refractivity contribution in [1.29, 1.82) is 0 Å². The second-order valence-corrected chi connectivity index (χ2v) is 6.03. The predicted octanol–water partition coefficient (Wildman–Crippen LogP) is 3.48. The number of hydrogen-bond acceptors (Lipinski definition) is 4. The molecular weight excluding hydrogens is 358 g/mol. The third-order valence-corrected chi connectivity index (χ3v) is 4.46. The summed E-state index contributed by atoms with van der Waals surface area (Å²) in [5, 5.41) is 13.0. The molecule has 6 nitrogen and oxygen atoms in total. The minimum absolute atomic E-state index is 0.147. The van der Waals surface area contributed by atoms with Crippen LogP contribution in [-0.4, -0.2) is 31.2 Å². The minimum atomic E-state index is -1.59. The van der Waals surface area contributed by atoms with E-state index in [1.54, 1.807) is 43.3 Å². The van der Waals surface area contributed by atoms with Crippen LogP contribution in [0.4, 0.5) is 0 Å². The zero-order valence-corrected chi connectivity index (χ0v) is 15.5. The summed E-state index contributed by atoms with van der Waals surface area (Å²) < 4.78 is 10.3. The molecule has 2 rings (SSSR count). The monoisotopic (exact) mass is 377 g/mol. The first-order valence-electron chi connectivity index (χ1n) is 7.92. The van der Waals surface area contributed by atoms with Crippen molar-refractivity contribution in [3.05, 3.63) is 58.6 Å². The number of amides is 1. The van der Waals surface area contributed by atoms with Crippen LogP contribution in [-0.2, 0) is 10.3 Å². The molecular formula is C19H20ClNO5. The Bertz CT molecular complexity index is 806. The van der Waals surface area contributed by atoms with Crippen LogP contribution < -0.4 is 14.8 Å². The van der Waals surface area contributed by atoms with Crippen molar-refractivity contribution in [3.8, 4) is 11.5 Å². The summed E-state index contributed by atoms with van der Waals surface area (Å²) in [6.07, 6.45) is 0.147. The van der Waals surface area contributed by atoms with Crippen LogP contribution in [0.5, 0.6) is 11.5 Å². The number of carboxylic acid groups (broad SMARTS) is 1. The maximum absolute atomic E-state index is 12.8. The van der Waals surface area contributed by atoms with E-state index in [1.165, 1.54) is 20.3 Å². The third-order valence-electron chi connectivity index (χ3n) is 4.21. The second-order valence-electron chi connectivity index (χ2n) is 5.59. The molecule has 0 bridgehead atoms. The molecule has 0 aliphatic heterocycles. The Morgan fingerprint density at radius 3 is 2.27 bits per heavy atom. The van der Waals surface area contributed by atoms with Gasteiger partial charge in [0.15, 0.2) is 5.54 Å². The van der Waals surface area contributed by atoms with Gasteiger partial charge in [0.25, 0.3) is 5.91 Å². The maximum Gasteiger partial charge on any atom is 0.334 e. The first kappa shape index (κ1) is 19.6. The largest absolute Gasteiger partial charge is 0.497 e. The molecule has 1 unspecified atom stereocenters. The van der Waals surface area contributed by atoms with E-state index in [-0.39, 0.29) is 17.7 Å². The molecule has 2 aromatic rings. The minimum Gasteiger partial charge on any atom is -0.497 e. The van der Waals surface area contributed by atoms with E-state index in [9.17, 15) is 14.7 Å². The van der Waals surface area contributed by atoms with Crippen molar-refractivity contribution in [2.45, 2.75) is 18.9 Å². The number of carboxylic acids is 1. The highest BCUT2D eigenvalue weighted by Crippen LogP contribution is 2.30. The number of hydrogen-bond donors (Lipinski definition) is 2. The molecule has 7 heteroatoms. The van der Waals surface area contributed by atoms with Crippen molar-refractivity contribution >= 4 is 23.5 Å². The summed E-state index contributed by atoms with van der Waals surface area (Å²) in [6, 6.07) is 11.0. The molecule has 0 fully saturated rings. The number of benzene rings is 2. The number of aliphatic carboxylic acids is 1. The Labute approximate surface area is 156 Å². The van der Waals surface area contributed by atoms with E-state index in [2.05, 4.69) is 5.32 Å². The number of ether oxygens (including phenoxy) is 2. The number of halogens is 1. The topological polar surface area (TPSA) is 84.9 Å². The predicted molar refractivity (Wildman–Crippen MR) is 98.1 cm³/mol. The van der Waals surface area contributed by atoms with E-state index in [1.807, 2.05) is 0 Å². The van der Waals surface area contributed by atoms with Gasteiger partial charge in [-0.15, -0.1) is 0 Å². The Hall–Kier alpha value is -2.73. The van der Waals surface area contributed by atoms with Crippen LogP contribution in [0.3, 0.4) is 0 Å². The molecule has 1 atom stereocenters. The lowest BCUT2D eigenvalue weighted by Crippen LogP contribution is -2.51. The van der Waals surface area contributed by atoms with E-state index >= 15 is 0 Å². The lowest BCUT2D eigenvalue weighted by Gasteiger charge is -2.30. The average molecular weight is 378 g/mol. The second kappa shape index (κ2) is 8.10. The Balaban J connectivity index is 2.45. The third kappa shape index (κ3) is 3.75. The van der Waals surface area contributed by atoms with E-state index in [0.717, 1.165) is 0 Å². The van der Waals surface area contributed by atoms with Gasteiger partial charge in [-0.25, -0.2) is 4.79 Å². The summed E-state index contributed by atoms with van der Waals surface area (Å²) in [6.45, 7) is 1.69. The van der Waals surface area contributed by atoms with Crippen LogP contribution in [0.2, 0.25) is 5.02 Å².